The van der Waals surface area contributed by atoms with E-state index >= 15 is 0 Å². The summed E-state index contributed by atoms with van der Waals surface area (Å²) >= 11 is 0. The van der Waals surface area contributed by atoms with Gasteiger partial charge in [0.1, 0.15) is 0 Å². The van der Waals surface area contributed by atoms with Gasteiger partial charge >= 0.3 is 0 Å². The molecule has 0 aromatic rings. The molecule has 0 saturated carbocycles. The molecule has 0 aliphatic rings. The van der Waals surface area contributed by atoms with Crippen LogP contribution in [0.4, 0.5) is 0 Å². The summed E-state index contributed by atoms with van der Waals surface area (Å²) in [5.74, 6) is 0. The van der Waals surface area contributed by atoms with E-state index in [9.17, 15) is 0 Å². The average molecular weight is 306 g/mol. The van der Waals surface area contributed by atoms with E-state index < -0.39 is 0 Å². The Morgan fingerprint density at radius 2 is 1.00 bits per heavy atom. The first-order valence-corrected chi connectivity index (χ1v) is 0. The monoisotopic (exact) mass is 305 g/mol. The standard InChI is InChI=1S/Cl.Ga.Sb.Se. The second-order valence-corrected chi connectivity index (χ2v) is 0. The largest absolute Gasteiger partial charge is 0 e. The van der Waals surface area contributed by atoms with Gasteiger partial charge in [-0.05, 0) is 0 Å². The number of hydrogen-bond donors (Lipinski definition) is 0. The topological polar surface area (TPSA) is 0 Å². The Labute approximate surface area is 72.9 Å². The van der Waals surface area contributed by atoms with E-state index in [-0.39, 0.29) is 73.7 Å². The van der Waals surface area contributed by atoms with E-state index in [1.54, 1.807) is 0 Å². The van der Waals surface area contributed by atoms with Crippen molar-refractivity contribution in [3.63, 3.8) is 0 Å². The number of rotatable bonds is 0. The fourth-order valence-corrected chi connectivity index (χ4v) is 0. The first-order chi connectivity index (χ1) is 0. The molecule has 0 fully saturated rings. The van der Waals surface area contributed by atoms with Crippen LogP contribution in [0.1, 0.15) is 0 Å². The molecular formula is ClGaSbSe. The van der Waals surface area contributed by atoms with Gasteiger partial charge in [-0.15, -0.1) is 0 Å². The van der Waals surface area contributed by atoms with Crippen molar-refractivity contribution in [2.24, 2.45) is 0 Å². The van der Waals surface area contributed by atoms with Crippen LogP contribution < -0.4 is 0 Å². The van der Waals surface area contributed by atoms with Crippen LogP contribution in [0.5, 0.6) is 0 Å². The number of hydrogen-bond acceptors (Lipinski definition) is 0. The Bertz CT molecular complexity index is 8.00. The molecule has 0 aromatic heterocycles. The zero-order valence-electron chi connectivity index (χ0n) is 1.81. The van der Waals surface area contributed by atoms with Crippen LogP contribution in [0.15, 0.2) is 0 Å². The van der Waals surface area contributed by atoms with Crippen LogP contribution in [-0.4, -0.2) is 61.3 Å². The van der Waals surface area contributed by atoms with Gasteiger partial charge in [0, 0.05) is 73.7 Å². The molecule has 0 aromatic carbocycles. The van der Waals surface area contributed by atoms with Crippen molar-refractivity contribution >= 4 is 73.7 Å². The van der Waals surface area contributed by atoms with Gasteiger partial charge in [-0.3, -0.25) is 0 Å². The first-order valence-electron chi connectivity index (χ1n) is 0. The van der Waals surface area contributed by atoms with Crippen molar-refractivity contribution in [2.75, 3.05) is 0 Å². The van der Waals surface area contributed by atoms with Crippen molar-refractivity contribution in [3.8, 4) is 0 Å². The van der Waals surface area contributed by atoms with Crippen molar-refractivity contribution in [3.05, 3.63) is 0 Å². The fraction of sp³-hybridized carbons (Fsp3) is 0. The molecule has 0 bridgehead atoms. The maximum atomic E-state index is 0. The van der Waals surface area contributed by atoms with Crippen LogP contribution >= 0.6 is 12.4 Å². The van der Waals surface area contributed by atoms with Crippen LogP contribution in [0.3, 0.4) is 0 Å². The summed E-state index contributed by atoms with van der Waals surface area (Å²) in [4.78, 5) is 0. The first kappa shape index (κ1) is 33.9. The molecule has 0 unspecified atom stereocenters. The molecule has 4 heavy (non-hydrogen) atoms. The minimum Gasteiger partial charge on any atom is 0 e. The van der Waals surface area contributed by atoms with E-state index in [1.165, 1.54) is 0 Å². The van der Waals surface area contributed by atoms with Gasteiger partial charge in [0.15, 0.2) is 0 Å². The van der Waals surface area contributed by atoms with Crippen molar-refractivity contribution < 1.29 is 0 Å². The molecule has 0 nitrogen and oxygen atoms in total. The number of halogens is 1. The van der Waals surface area contributed by atoms with Gasteiger partial charge in [0.05, 0.1) is 0 Å². The Morgan fingerprint density at radius 3 is 1.00 bits per heavy atom. The van der Waals surface area contributed by atoms with E-state index in [0.29, 0.717) is 0 Å². The predicted octanol–water partition coefficient (Wildman–Crippen LogP) is -0.453. The summed E-state index contributed by atoms with van der Waals surface area (Å²) in [5.41, 5.74) is 0. The van der Waals surface area contributed by atoms with Crippen molar-refractivity contribution in [1.82, 2.24) is 0 Å². The predicted molar refractivity (Wildman–Crippen MR) is 23.1 cm³/mol. The normalized spacial score (nSPS) is 0. The average Bonchev–Trinajstić information content (AvgIpc) is 0. The molecule has 0 heterocycles. The van der Waals surface area contributed by atoms with Gasteiger partial charge < -0.3 is 0 Å². The Morgan fingerprint density at radius 1 is 1.00 bits per heavy atom. The maximum Gasteiger partial charge on any atom is 0 e. The van der Waals surface area contributed by atoms with Gasteiger partial charge in [-0.25, -0.2) is 0 Å². The second-order valence-electron chi connectivity index (χ2n) is 0. The molecule has 0 saturated heterocycles. The quantitative estimate of drug-likeness (QED) is 0.532. The summed E-state index contributed by atoms with van der Waals surface area (Å²) in [6.07, 6.45) is 0. The third-order valence-electron chi connectivity index (χ3n) is 0. The van der Waals surface area contributed by atoms with Crippen LogP contribution in [-0.2, 0) is 0 Å². The molecule has 0 aliphatic heterocycles. The summed E-state index contributed by atoms with van der Waals surface area (Å²) in [7, 11) is 0. The van der Waals surface area contributed by atoms with Crippen LogP contribution in [0.2, 0.25) is 0 Å². The van der Waals surface area contributed by atoms with Crippen LogP contribution in [0, 0.1) is 0 Å². The molecule has 0 amide bonds. The molecule has 9 radical (unpaired) electrons. The summed E-state index contributed by atoms with van der Waals surface area (Å²) < 4.78 is 0. The second kappa shape index (κ2) is 18.7. The zero-order chi connectivity index (χ0) is 0. The Kier molecular flexibility index (Phi) is 158. The van der Waals surface area contributed by atoms with E-state index in [1.807, 2.05) is 0 Å². The Balaban J connectivity index is 0. The zero-order valence-corrected chi connectivity index (χ0v) is 9.26. The van der Waals surface area contributed by atoms with E-state index in [2.05, 4.69) is 0 Å². The molecule has 21 valence electrons. The summed E-state index contributed by atoms with van der Waals surface area (Å²) in [5, 5.41) is 0. The van der Waals surface area contributed by atoms with Crippen molar-refractivity contribution in [1.29, 1.82) is 0 Å². The van der Waals surface area contributed by atoms with E-state index in [0.717, 1.165) is 0 Å². The third kappa shape index (κ3) is 8.86. The minimum absolute atomic E-state index is 0. The van der Waals surface area contributed by atoms with Gasteiger partial charge in [-0.2, -0.15) is 0 Å². The molecule has 0 N–H and O–H groups in total. The molecule has 0 spiro atoms. The smallest absolute Gasteiger partial charge is 0 e. The molecule has 0 atom stereocenters. The molecule has 0 aliphatic carbocycles. The minimum atomic E-state index is 0. The van der Waals surface area contributed by atoms with E-state index in [4.69, 9.17) is 0 Å². The van der Waals surface area contributed by atoms with Gasteiger partial charge in [-0.1, -0.05) is 0 Å². The summed E-state index contributed by atoms with van der Waals surface area (Å²) in [6, 6.07) is 0. The molecule has 4 heteroatoms. The third-order valence-corrected chi connectivity index (χ3v) is 0. The fourth-order valence-electron chi connectivity index (χ4n) is 0. The maximum absolute atomic E-state index is 0. The molecule has 0 rings (SSSR count). The summed E-state index contributed by atoms with van der Waals surface area (Å²) in [6.45, 7) is 0. The Hall–Kier alpha value is 2.26. The SMILES string of the molecule is [Cl].[Ga].[Sb].[Se]. The van der Waals surface area contributed by atoms with Gasteiger partial charge in [0.25, 0.3) is 0 Å². The van der Waals surface area contributed by atoms with Crippen LogP contribution in [0.25, 0.3) is 0 Å². The molecular weight excluding hydrogens is 306 g/mol. The van der Waals surface area contributed by atoms with Crippen molar-refractivity contribution in [2.45, 2.75) is 0 Å². The van der Waals surface area contributed by atoms with Gasteiger partial charge in [0.2, 0.25) is 0 Å².